The molecule has 18 heavy (non-hydrogen) atoms. The van der Waals surface area contributed by atoms with Gasteiger partial charge in [-0.25, -0.2) is 0 Å². The quantitative estimate of drug-likeness (QED) is 0.857. The summed E-state index contributed by atoms with van der Waals surface area (Å²) in [4.78, 5) is 12.0. The van der Waals surface area contributed by atoms with Gasteiger partial charge in [-0.2, -0.15) is 0 Å². The first-order valence-electron chi connectivity index (χ1n) is 6.70. The molecule has 0 saturated heterocycles. The molecule has 1 heterocycles. The van der Waals surface area contributed by atoms with E-state index < -0.39 is 0 Å². The minimum absolute atomic E-state index is 0.0645. The van der Waals surface area contributed by atoms with Gasteiger partial charge in [-0.3, -0.25) is 10.1 Å². The fourth-order valence-electron chi connectivity index (χ4n) is 2.54. The van der Waals surface area contributed by atoms with Gasteiger partial charge in [0.05, 0.1) is 0 Å². The lowest BCUT2D eigenvalue weighted by Gasteiger charge is -2.24. The summed E-state index contributed by atoms with van der Waals surface area (Å²) in [6.45, 7) is 8.58. The first-order valence-corrected chi connectivity index (χ1v) is 6.70. The molecular formula is C15H22N2O. The number of aryl methyl sites for hydroxylation is 1. The van der Waals surface area contributed by atoms with E-state index in [-0.39, 0.29) is 11.9 Å². The first-order chi connectivity index (χ1) is 8.52. The Morgan fingerprint density at radius 3 is 2.72 bits per heavy atom. The lowest BCUT2D eigenvalue weighted by atomic mass is 9.98. The van der Waals surface area contributed by atoms with Gasteiger partial charge in [0.25, 0.3) is 0 Å². The molecule has 1 aliphatic rings. The number of rotatable bonds is 4. The fourth-order valence-corrected chi connectivity index (χ4v) is 2.54. The van der Waals surface area contributed by atoms with E-state index >= 15 is 0 Å². The Bertz CT molecular complexity index is 454. The SMILES string of the molecule is CCC(NC1C(=O)Nc2ccc(C)cc21)C(C)C. The van der Waals surface area contributed by atoms with Crippen molar-refractivity contribution in [1.82, 2.24) is 5.32 Å². The molecule has 1 amide bonds. The smallest absolute Gasteiger partial charge is 0.246 e. The normalized spacial score (nSPS) is 19.8. The van der Waals surface area contributed by atoms with Crippen LogP contribution in [0.3, 0.4) is 0 Å². The van der Waals surface area contributed by atoms with E-state index in [9.17, 15) is 4.79 Å². The molecule has 1 aromatic rings. The Hall–Kier alpha value is -1.35. The highest BCUT2D eigenvalue weighted by Gasteiger charge is 2.32. The van der Waals surface area contributed by atoms with Gasteiger partial charge in [0.2, 0.25) is 5.91 Å². The molecule has 0 fully saturated rings. The van der Waals surface area contributed by atoms with Crippen LogP contribution in [0.1, 0.15) is 44.4 Å². The molecule has 3 heteroatoms. The van der Waals surface area contributed by atoms with Gasteiger partial charge in [0.1, 0.15) is 6.04 Å². The predicted octanol–water partition coefficient (Wildman–Crippen LogP) is 3.01. The van der Waals surface area contributed by atoms with Crippen LogP contribution in [-0.2, 0) is 4.79 Å². The molecule has 0 saturated carbocycles. The van der Waals surface area contributed by atoms with Crippen LogP contribution in [0, 0.1) is 12.8 Å². The van der Waals surface area contributed by atoms with E-state index in [1.54, 1.807) is 0 Å². The van der Waals surface area contributed by atoms with Gasteiger partial charge in [0.15, 0.2) is 0 Å². The standard InChI is InChI=1S/C15H22N2O/c1-5-12(9(2)3)16-14-11-8-10(4)6-7-13(11)17-15(14)18/h6-9,12,14,16H,5H2,1-4H3,(H,17,18). The van der Waals surface area contributed by atoms with Crippen LogP contribution in [0.2, 0.25) is 0 Å². The molecular weight excluding hydrogens is 224 g/mol. The zero-order valence-corrected chi connectivity index (χ0v) is 11.6. The van der Waals surface area contributed by atoms with E-state index in [2.05, 4.69) is 44.4 Å². The summed E-state index contributed by atoms with van der Waals surface area (Å²) < 4.78 is 0. The topological polar surface area (TPSA) is 41.1 Å². The average Bonchev–Trinajstić information content (AvgIpc) is 2.61. The number of carbonyl (C=O) groups is 1. The first kappa shape index (κ1) is 13.1. The Balaban J connectivity index is 2.24. The van der Waals surface area contributed by atoms with Gasteiger partial charge in [-0.05, 0) is 25.3 Å². The number of amides is 1. The van der Waals surface area contributed by atoms with Crippen LogP contribution < -0.4 is 10.6 Å². The Morgan fingerprint density at radius 2 is 2.11 bits per heavy atom. The van der Waals surface area contributed by atoms with E-state index in [0.717, 1.165) is 17.7 Å². The average molecular weight is 246 g/mol. The van der Waals surface area contributed by atoms with Crippen LogP contribution >= 0.6 is 0 Å². The molecule has 0 aliphatic carbocycles. The second-order valence-corrected chi connectivity index (χ2v) is 5.44. The van der Waals surface area contributed by atoms with Crippen LogP contribution in [-0.4, -0.2) is 11.9 Å². The van der Waals surface area contributed by atoms with E-state index in [1.165, 1.54) is 5.56 Å². The molecule has 1 aliphatic heterocycles. The minimum Gasteiger partial charge on any atom is -0.324 e. The molecule has 3 nitrogen and oxygen atoms in total. The molecule has 0 aromatic heterocycles. The molecule has 2 unspecified atom stereocenters. The molecule has 1 aromatic carbocycles. The van der Waals surface area contributed by atoms with Crippen LogP contribution in [0.25, 0.3) is 0 Å². The molecule has 0 spiro atoms. The van der Waals surface area contributed by atoms with Gasteiger partial charge in [0, 0.05) is 17.3 Å². The summed E-state index contributed by atoms with van der Waals surface area (Å²) in [6, 6.07) is 6.28. The highest BCUT2D eigenvalue weighted by Crippen LogP contribution is 2.32. The second-order valence-electron chi connectivity index (χ2n) is 5.44. The zero-order chi connectivity index (χ0) is 13.3. The van der Waals surface area contributed by atoms with Crippen molar-refractivity contribution in [3.8, 4) is 0 Å². The Morgan fingerprint density at radius 1 is 1.39 bits per heavy atom. The monoisotopic (exact) mass is 246 g/mol. The third-order valence-electron chi connectivity index (χ3n) is 3.66. The maximum Gasteiger partial charge on any atom is 0.246 e. The molecule has 2 atom stereocenters. The highest BCUT2D eigenvalue weighted by molar-refractivity contribution is 6.02. The van der Waals surface area contributed by atoms with Gasteiger partial charge >= 0.3 is 0 Å². The lowest BCUT2D eigenvalue weighted by molar-refractivity contribution is -0.117. The van der Waals surface area contributed by atoms with E-state index in [4.69, 9.17) is 0 Å². The Labute approximate surface area is 109 Å². The lowest BCUT2D eigenvalue weighted by Crippen LogP contribution is -2.39. The summed E-state index contributed by atoms with van der Waals surface area (Å²) in [5.41, 5.74) is 3.22. The van der Waals surface area contributed by atoms with Gasteiger partial charge in [-0.1, -0.05) is 38.5 Å². The van der Waals surface area contributed by atoms with Crippen molar-refractivity contribution in [2.24, 2.45) is 5.92 Å². The number of hydrogen-bond acceptors (Lipinski definition) is 2. The van der Waals surface area contributed by atoms with Crippen molar-refractivity contribution in [2.45, 2.75) is 46.2 Å². The summed E-state index contributed by atoms with van der Waals surface area (Å²) in [5.74, 6) is 0.589. The number of hydrogen-bond donors (Lipinski definition) is 2. The van der Waals surface area contributed by atoms with E-state index in [1.807, 2.05) is 12.1 Å². The summed E-state index contributed by atoms with van der Waals surface area (Å²) in [6.07, 6.45) is 1.03. The molecule has 98 valence electrons. The number of nitrogens with one attached hydrogen (secondary N) is 2. The van der Waals surface area contributed by atoms with Crippen molar-refractivity contribution in [1.29, 1.82) is 0 Å². The van der Waals surface area contributed by atoms with Crippen molar-refractivity contribution in [3.63, 3.8) is 0 Å². The predicted molar refractivity (Wildman–Crippen MR) is 74.6 cm³/mol. The molecule has 0 bridgehead atoms. The van der Waals surface area contributed by atoms with Crippen LogP contribution in [0.15, 0.2) is 18.2 Å². The van der Waals surface area contributed by atoms with Crippen molar-refractivity contribution in [3.05, 3.63) is 29.3 Å². The number of fused-ring (bicyclic) bond motifs is 1. The van der Waals surface area contributed by atoms with Crippen molar-refractivity contribution in [2.75, 3.05) is 5.32 Å². The highest BCUT2D eigenvalue weighted by atomic mass is 16.2. The number of benzene rings is 1. The maximum atomic E-state index is 12.0. The fraction of sp³-hybridized carbons (Fsp3) is 0.533. The summed E-state index contributed by atoms with van der Waals surface area (Å²) >= 11 is 0. The summed E-state index contributed by atoms with van der Waals surface area (Å²) in [7, 11) is 0. The van der Waals surface area contributed by atoms with Gasteiger partial charge < -0.3 is 5.32 Å². The van der Waals surface area contributed by atoms with Gasteiger partial charge in [-0.15, -0.1) is 0 Å². The molecule has 2 N–H and O–H groups in total. The third kappa shape index (κ3) is 2.41. The third-order valence-corrected chi connectivity index (χ3v) is 3.66. The van der Waals surface area contributed by atoms with Crippen LogP contribution in [0.4, 0.5) is 5.69 Å². The van der Waals surface area contributed by atoms with Crippen LogP contribution in [0.5, 0.6) is 0 Å². The van der Waals surface area contributed by atoms with Crippen molar-refractivity contribution >= 4 is 11.6 Å². The Kier molecular flexibility index (Phi) is 3.71. The maximum absolute atomic E-state index is 12.0. The molecule has 2 rings (SSSR count). The van der Waals surface area contributed by atoms with E-state index in [0.29, 0.717) is 12.0 Å². The van der Waals surface area contributed by atoms with Crippen molar-refractivity contribution < 1.29 is 4.79 Å². The minimum atomic E-state index is -0.202. The summed E-state index contributed by atoms with van der Waals surface area (Å²) in [5, 5.41) is 6.43. The number of carbonyl (C=O) groups excluding carboxylic acids is 1. The zero-order valence-electron chi connectivity index (χ0n) is 11.6. The second kappa shape index (κ2) is 5.11. The number of anilines is 1. The molecule has 0 radical (unpaired) electrons. The largest absolute Gasteiger partial charge is 0.324 e.